The number of benzene rings is 2. The average molecular weight is 276 g/mol. The van der Waals surface area contributed by atoms with Gasteiger partial charge in [0.1, 0.15) is 0 Å². The molecule has 2 bridgehead atoms. The van der Waals surface area contributed by atoms with E-state index in [1.165, 1.54) is 36.9 Å². The van der Waals surface area contributed by atoms with E-state index in [0.29, 0.717) is 5.41 Å². The molecule has 0 N–H and O–H groups in total. The minimum atomic E-state index is 0.153. The van der Waals surface area contributed by atoms with E-state index in [1.807, 2.05) is 0 Å². The summed E-state index contributed by atoms with van der Waals surface area (Å²) in [4.78, 5) is 0. The van der Waals surface area contributed by atoms with Gasteiger partial charge in [-0.3, -0.25) is 0 Å². The second kappa shape index (κ2) is 4.56. The van der Waals surface area contributed by atoms with Crippen LogP contribution in [-0.2, 0) is 5.54 Å². The van der Waals surface area contributed by atoms with Gasteiger partial charge in [-0.2, -0.15) is 4.58 Å². The molecule has 0 unspecified atom stereocenters. The fourth-order valence-electron chi connectivity index (χ4n) is 4.13. The maximum Gasteiger partial charge on any atom is 0.205 e. The maximum absolute atomic E-state index is 2.56. The Hall–Kier alpha value is -1.89. The summed E-state index contributed by atoms with van der Waals surface area (Å²) in [5.74, 6) is 0. The molecule has 0 spiro atoms. The molecule has 1 heteroatoms. The van der Waals surface area contributed by atoms with Gasteiger partial charge in [-0.05, 0) is 12.8 Å². The van der Waals surface area contributed by atoms with Crippen molar-refractivity contribution in [1.29, 1.82) is 0 Å². The molecule has 0 saturated heterocycles. The lowest BCUT2D eigenvalue weighted by molar-refractivity contribution is -0.562. The summed E-state index contributed by atoms with van der Waals surface area (Å²) in [7, 11) is 0. The van der Waals surface area contributed by atoms with E-state index >= 15 is 0 Å². The topological polar surface area (TPSA) is 3.01 Å². The van der Waals surface area contributed by atoms with Crippen LogP contribution in [-0.4, -0.2) is 10.8 Å². The molecule has 3 aliphatic rings. The minimum Gasteiger partial charge on any atom is -0.192 e. The van der Waals surface area contributed by atoms with Crippen molar-refractivity contribution in [3.63, 3.8) is 0 Å². The monoisotopic (exact) mass is 276 g/mol. The Morgan fingerprint density at radius 2 is 1.33 bits per heavy atom. The molecule has 0 radical (unpaired) electrons. The zero-order valence-electron chi connectivity index (χ0n) is 12.6. The molecule has 5 rings (SSSR count). The predicted molar refractivity (Wildman–Crippen MR) is 87.1 cm³/mol. The van der Waals surface area contributed by atoms with Crippen LogP contribution < -0.4 is 0 Å². The molecule has 2 heterocycles. The third-order valence-electron chi connectivity index (χ3n) is 5.47. The van der Waals surface area contributed by atoms with Gasteiger partial charge in [0.15, 0.2) is 11.8 Å². The van der Waals surface area contributed by atoms with E-state index < -0.39 is 0 Å². The third-order valence-corrected chi connectivity index (χ3v) is 5.47. The zero-order valence-corrected chi connectivity index (χ0v) is 12.6. The highest BCUT2D eigenvalue weighted by Crippen LogP contribution is 2.52. The summed E-state index contributed by atoms with van der Waals surface area (Å²) in [5, 5.41) is 0. The number of hydrogen-bond donors (Lipinski definition) is 0. The van der Waals surface area contributed by atoms with Gasteiger partial charge in [-0.25, -0.2) is 0 Å². The molecular formula is C20H22N+. The molecule has 1 saturated carbocycles. The summed E-state index contributed by atoms with van der Waals surface area (Å²) >= 11 is 0. The van der Waals surface area contributed by atoms with E-state index in [1.54, 1.807) is 0 Å². The van der Waals surface area contributed by atoms with Crippen LogP contribution in [0.3, 0.4) is 0 Å². The quantitative estimate of drug-likeness (QED) is 0.687. The Bertz CT molecular complexity index is 661. The predicted octanol–water partition coefficient (Wildman–Crippen LogP) is 4.89. The van der Waals surface area contributed by atoms with Crippen LogP contribution >= 0.6 is 0 Å². The fourth-order valence-corrected chi connectivity index (χ4v) is 4.13. The fraction of sp³-hybridized carbons (Fsp3) is 0.350. The summed E-state index contributed by atoms with van der Waals surface area (Å²) in [6.07, 6.45) is 7.59. The van der Waals surface area contributed by atoms with Gasteiger partial charge in [0.2, 0.25) is 5.69 Å². The highest BCUT2D eigenvalue weighted by Gasteiger charge is 2.55. The van der Waals surface area contributed by atoms with E-state index in [2.05, 4.69) is 78.4 Å². The molecule has 2 aromatic rings. The molecule has 0 aromatic heterocycles. The standard InChI is InChI=1S/C20H22N/c1-19-12-14-20(15-13-19,17-8-4-2-5-9-17)21(16-19)18-10-6-3-7-11-18/h2-11,16H,12-15H2,1H3/q+1. The van der Waals surface area contributed by atoms with Crippen LogP contribution in [0.2, 0.25) is 0 Å². The normalized spacial score (nSPS) is 31.0. The van der Waals surface area contributed by atoms with Gasteiger partial charge in [0.05, 0.1) is 0 Å². The van der Waals surface area contributed by atoms with Gasteiger partial charge in [-0.1, -0.05) is 55.5 Å². The van der Waals surface area contributed by atoms with E-state index in [9.17, 15) is 0 Å². The molecule has 1 nitrogen and oxygen atoms in total. The number of rotatable bonds is 2. The summed E-state index contributed by atoms with van der Waals surface area (Å²) < 4.78 is 2.56. The summed E-state index contributed by atoms with van der Waals surface area (Å²) in [6.45, 7) is 2.41. The Morgan fingerprint density at radius 1 is 0.762 bits per heavy atom. The highest BCUT2D eigenvalue weighted by atomic mass is 15.1. The van der Waals surface area contributed by atoms with Gasteiger partial charge in [-0.15, -0.1) is 0 Å². The first-order valence-electron chi connectivity index (χ1n) is 7.98. The molecule has 2 aromatic carbocycles. The third kappa shape index (κ3) is 1.95. The lowest BCUT2D eigenvalue weighted by Crippen LogP contribution is -2.51. The zero-order chi connectivity index (χ0) is 14.3. The number of nitrogens with zero attached hydrogens (tertiary/aromatic N) is 1. The highest BCUT2D eigenvalue weighted by molar-refractivity contribution is 5.64. The smallest absolute Gasteiger partial charge is 0.192 e. The number of para-hydroxylation sites is 1. The first-order chi connectivity index (χ1) is 10.2. The second-order valence-electron chi connectivity index (χ2n) is 6.89. The van der Waals surface area contributed by atoms with Crippen molar-refractivity contribution in [1.82, 2.24) is 0 Å². The Kier molecular flexibility index (Phi) is 2.78. The van der Waals surface area contributed by atoms with Crippen LogP contribution in [0.5, 0.6) is 0 Å². The molecule has 0 amide bonds. The van der Waals surface area contributed by atoms with Crippen molar-refractivity contribution in [2.24, 2.45) is 5.41 Å². The number of hydrogen-bond acceptors (Lipinski definition) is 0. The van der Waals surface area contributed by atoms with Crippen molar-refractivity contribution in [3.05, 3.63) is 66.2 Å². The van der Waals surface area contributed by atoms with Crippen LogP contribution in [0.4, 0.5) is 5.69 Å². The largest absolute Gasteiger partial charge is 0.205 e. The molecule has 21 heavy (non-hydrogen) atoms. The van der Waals surface area contributed by atoms with Crippen LogP contribution in [0.15, 0.2) is 60.7 Å². The molecule has 2 aliphatic heterocycles. The molecule has 106 valence electrons. The van der Waals surface area contributed by atoms with Crippen molar-refractivity contribution < 1.29 is 4.58 Å². The van der Waals surface area contributed by atoms with Crippen molar-refractivity contribution in [2.45, 2.75) is 38.1 Å². The van der Waals surface area contributed by atoms with Crippen LogP contribution in [0.1, 0.15) is 38.2 Å². The van der Waals surface area contributed by atoms with Gasteiger partial charge in [0.25, 0.3) is 0 Å². The summed E-state index contributed by atoms with van der Waals surface area (Å²) in [6, 6.07) is 21.9. The lowest BCUT2D eigenvalue weighted by Gasteiger charge is -2.45. The average Bonchev–Trinajstić information content (AvgIpc) is 2.57. The second-order valence-corrected chi connectivity index (χ2v) is 6.89. The Morgan fingerprint density at radius 3 is 1.95 bits per heavy atom. The lowest BCUT2D eigenvalue weighted by atomic mass is 9.63. The summed E-state index contributed by atoms with van der Waals surface area (Å²) in [5.41, 5.74) is 3.31. The first kappa shape index (κ1) is 12.8. The Balaban J connectivity index is 1.91. The maximum atomic E-state index is 2.56. The first-order valence-corrected chi connectivity index (χ1v) is 7.98. The van der Waals surface area contributed by atoms with Gasteiger partial charge >= 0.3 is 0 Å². The molecule has 0 atom stereocenters. The van der Waals surface area contributed by atoms with Gasteiger partial charge < -0.3 is 0 Å². The Labute approximate surface area is 127 Å². The van der Waals surface area contributed by atoms with E-state index in [4.69, 9.17) is 0 Å². The minimum absolute atomic E-state index is 0.153. The SMILES string of the molecule is CC12C=[N+](c3ccccc3)C(c3ccccc3)(CC1)CC2. The van der Waals surface area contributed by atoms with Crippen molar-refractivity contribution in [3.8, 4) is 0 Å². The van der Waals surface area contributed by atoms with Crippen LogP contribution in [0.25, 0.3) is 0 Å². The number of fused-ring (bicyclic) bond motifs is 2. The van der Waals surface area contributed by atoms with E-state index in [-0.39, 0.29) is 5.54 Å². The molecule has 1 fully saturated rings. The molecular weight excluding hydrogens is 254 g/mol. The molecule has 1 aliphatic carbocycles. The van der Waals surface area contributed by atoms with Crippen LogP contribution in [0, 0.1) is 5.41 Å². The van der Waals surface area contributed by atoms with Crippen molar-refractivity contribution in [2.75, 3.05) is 0 Å². The van der Waals surface area contributed by atoms with Gasteiger partial charge in [0, 0.05) is 36.0 Å². The van der Waals surface area contributed by atoms with Crippen molar-refractivity contribution >= 4 is 11.9 Å². The van der Waals surface area contributed by atoms with E-state index in [0.717, 1.165) is 0 Å².